The Morgan fingerprint density at radius 1 is 1.31 bits per heavy atom. The summed E-state index contributed by atoms with van der Waals surface area (Å²) in [7, 11) is 3.28. The second kappa shape index (κ2) is 6.68. The third kappa shape index (κ3) is 3.96. The van der Waals surface area contributed by atoms with Crippen LogP contribution in [0.5, 0.6) is 0 Å². The van der Waals surface area contributed by atoms with E-state index in [0.29, 0.717) is 6.04 Å². The Labute approximate surface area is 96.9 Å². The maximum Gasteiger partial charge on any atom is 0.171 e. The van der Waals surface area contributed by atoms with E-state index in [1.165, 1.54) is 0 Å². The Morgan fingerprint density at radius 2 is 2.00 bits per heavy atom. The van der Waals surface area contributed by atoms with Gasteiger partial charge in [0.15, 0.2) is 6.29 Å². The minimum absolute atomic E-state index is 0.139. The van der Waals surface area contributed by atoms with Gasteiger partial charge in [0.2, 0.25) is 0 Å². The van der Waals surface area contributed by atoms with Crippen molar-refractivity contribution in [2.45, 2.75) is 38.6 Å². The van der Waals surface area contributed by atoms with Gasteiger partial charge in [-0.25, -0.2) is 0 Å². The van der Waals surface area contributed by atoms with Gasteiger partial charge >= 0.3 is 0 Å². The number of hydrogen-bond donors (Lipinski definition) is 1. The molecule has 1 aromatic heterocycles. The summed E-state index contributed by atoms with van der Waals surface area (Å²) in [4.78, 5) is 0. The zero-order chi connectivity index (χ0) is 12.0. The highest BCUT2D eigenvalue weighted by Crippen LogP contribution is 2.06. The minimum Gasteiger partial charge on any atom is -0.469 e. The number of rotatable bonds is 7. The van der Waals surface area contributed by atoms with E-state index >= 15 is 0 Å². The van der Waals surface area contributed by atoms with Crippen LogP contribution in [0.25, 0.3) is 0 Å². The molecular weight excluding hydrogens is 206 g/mol. The lowest BCUT2D eigenvalue weighted by molar-refractivity contribution is -0.120. The lowest BCUT2D eigenvalue weighted by atomic mass is 10.1. The fraction of sp³-hybridized carbons (Fsp3) is 0.667. The molecule has 1 aromatic rings. The van der Waals surface area contributed by atoms with Gasteiger partial charge in [-0.15, -0.1) is 0 Å². The van der Waals surface area contributed by atoms with Crippen LogP contribution in [0, 0.1) is 0 Å². The molecule has 1 rings (SSSR count). The largest absolute Gasteiger partial charge is 0.469 e. The summed E-state index contributed by atoms with van der Waals surface area (Å²) in [6.07, 6.45) is 2.33. The van der Waals surface area contributed by atoms with E-state index in [-0.39, 0.29) is 12.3 Å². The molecule has 0 aliphatic rings. The van der Waals surface area contributed by atoms with Gasteiger partial charge in [-0.3, -0.25) is 0 Å². The van der Waals surface area contributed by atoms with Gasteiger partial charge in [0, 0.05) is 26.7 Å². The van der Waals surface area contributed by atoms with Gasteiger partial charge in [0.1, 0.15) is 5.76 Å². The first kappa shape index (κ1) is 13.2. The van der Waals surface area contributed by atoms with Crippen molar-refractivity contribution in [3.63, 3.8) is 0 Å². The lowest BCUT2D eigenvalue weighted by Crippen LogP contribution is -2.44. The molecule has 1 N–H and O–H groups in total. The number of hydrogen-bond acceptors (Lipinski definition) is 4. The predicted octanol–water partition coefficient (Wildman–Crippen LogP) is 1.81. The van der Waals surface area contributed by atoms with E-state index in [0.717, 1.165) is 12.2 Å². The fourth-order valence-corrected chi connectivity index (χ4v) is 1.82. The highest BCUT2D eigenvalue weighted by Gasteiger charge is 2.18. The first-order valence-corrected chi connectivity index (χ1v) is 5.51. The van der Waals surface area contributed by atoms with Crippen LogP contribution in [0.15, 0.2) is 22.8 Å². The van der Waals surface area contributed by atoms with Gasteiger partial charge in [-0.2, -0.15) is 0 Å². The van der Waals surface area contributed by atoms with E-state index in [1.54, 1.807) is 20.5 Å². The summed E-state index contributed by atoms with van der Waals surface area (Å²) in [5, 5.41) is 3.41. The molecule has 92 valence electrons. The average molecular weight is 227 g/mol. The van der Waals surface area contributed by atoms with Crippen LogP contribution < -0.4 is 5.32 Å². The predicted molar refractivity (Wildman–Crippen MR) is 62.3 cm³/mol. The van der Waals surface area contributed by atoms with Crippen molar-refractivity contribution in [1.82, 2.24) is 5.32 Å². The normalized spacial score (nSPS) is 15.3. The smallest absolute Gasteiger partial charge is 0.171 e. The summed E-state index contributed by atoms with van der Waals surface area (Å²) in [6.45, 7) is 4.15. The van der Waals surface area contributed by atoms with Crippen LogP contribution in [-0.2, 0) is 15.9 Å². The van der Waals surface area contributed by atoms with Crippen LogP contribution in [0.2, 0.25) is 0 Å². The Morgan fingerprint density at radius 3 is 2.50 bits per heavy atom. The summed E-state index contributed by atoms with van der Waals surface area (Å²) >= 11 is 0. The van der Waals surface area contributed by atoms with Crippen molar-refractivity contribution in [3.8, 4) is 0 Å². The van der Waals surface area contributed by atoms with E-state index in [9.17, 15) is 0 Å². The summed E-state index contributed by atoms with van der Waals surface area (Å²) in [5.74, 6) is 0.985. The second-order valence-electron chi connectivity index (χ2n) is 3.98. The van der Waals surface area contributed by atoms with Gasteiger partial charge in [-0.1, -0.05) is 0 Å². The Hall–Kier alpha value is -0.840. The molecule has 1 heterocycles. The van der Waals surface area contributed by atoms with Crippen molar-refractivity contribution in [2.75, 3.05) is 14.2 Å². The van der Waals surface area contributed by atoms with Crippen molar-refractivity contribution >= 4 is 0 Å². The maximum atomic E-state index is 5.30. The van der Waals surface area contributed by atoms with E-state index < -0.39 is 0 Å². The van der Waals surface area contributed by atoms with Gasteiger partial charge in [-0.05, 0) is 26.0 Å². The molecule has 0 aliphatic heterocycles. The van der Waals surface area contributed by atoms with E-state index in [4.69, 9.17) is 13.9 Å². The molecule has 0 aromatic carbocycles. The Kier molecular flexibility index (Phi) is 5.52. The molecule has 0 fully saturated rings. The van der Waals surface area contributed by atoms with Crippen LogP contribution in [0.4, 0.5) is 0 Å². The molecule has 4 nitrogen and oxygen atoms in total. The molecule has 0 bridgehead atoms. The summed E-state index contributed by atoms with van der Waals surface area (Å²) in [5.41, 5.74) is 0. The highest BCUT2D eigenvalue weighted by molar-refractivity contribution is 5.00. The fourth-order valence-electron chi connectivity index (χ4n) is 1.82. The number of ether oxygens (including phenoxy) is 2. The number of furan rings is 1. The van der Waals surface area contributed by atoms with Crippen LogP contribution >= 0.6 is 0 Å². The summed E-state index contributed by atoms with van der Waals surface area (Å²) < 4.78 is 15.7. The third-order valence-electron chi connectivity index (χ3n) is 2.51. The third-order valence-corrected chi connectivity index (χ3v) is 2.51. The first-order chi connectivity index (χ1) is 7.67. The van der Waals surface area contributed by atoms with Crippen molar-refractivity contribution in [2.24, 2.45) is 0 Å². The minimum atomic E-state index is -0.223. The number of nitrogens with one attached hydrogen (secondary N) is 1. The average Bonchev–Trinajstić information content (AvgIpc) is 2.71. The quantitative estimate of drug-likeness (QED) is 0.721. The van der Waals surface area contributed by atoms with Gasteiger partial charge < -0.3 is 19.2 Å². The van der Waals surface area contributed by atoms with Crippen molar-refractivity contribution in [1.29, 1.82) is 0 Å². The molecule has 0 amide bonds. The summed E-state index contributed by atoms with van der Waals surface area (Å²) in [6, 6.07) is 4.33. The zero-order valence-corrected chi connectivity index (χ0v) is 10.4. The molecule has 4 heteroatoms. The SMILES string of the molecule is COC(OC)C(C)NC(C)Cc1ccco1. The first-order valence-electron chi connectivity index (χ1n) is 5.51. The van der Waals surface area contributed by atoms with Crippen LogP contribution in [-0.4, -0.2) is 32.6 Å². The Bertz CT molecular complexity index is 270. The van der Waals surface area contributed by atoms with Gasteiger partial charge in [0.05, 0.1) is 12.3 Å². The monoisotopic (exact) mass is 227 g/mol. The topological polar surface area (TPSA) is 43.6 Å². The van der Waals surface area contributed by atoms with Crippen molar-refractivity contribution < 1.29 is 13.9 Å². The van der Waals surface area contributed by atoms with Gasteiger partial charge in [0.25, 0.3) is 0 Å². The van der Waals surface area contributed by atoms with Crippen molar-refractivity contribution in [3.05, 3.63) is 24.2 Å². The van der Waals surface area contributed by atoms with Crippen LogP contribution in [0.3, 0.4) is 0 Å². The zero-order valence-electron chi connectivity index (χ0n) is 10.4. The second-order valence-corrected chi connectivity index (χ2v) is 3.98. The molecule has 0 saturated heterocycles. The molecule has 0 aliphatic carbocycles. The molecule has 2 unspecified atom stereocenters. The molecule has 0 radical (unpaired) electrons. The maximum absolute atomic E-state index is 5.30. The van der Waals surface area contributed by atoms with E-state index in [2.05, 4.69) is 12.2 Å². The molecular formula is C12H21NO3. The Balaban J connectivity index is 2.35. The standard InChI is InChI=1S/C12H21NO3/c1-9(8-11-6-5-7-16-11)13-10(2)12(14-3)15-4/h5-7,9-10,12-13H,8H2,1-4H3. The molecule has 0 spiro atoms. The van der Waals surface area contributed by atoms with E-state index in [1.807, 2.05) is 19.1 Å². The molecule has 16 heavy (non-hydrogen) atoms. The number of methoxy groups -OCH3 is 2. The molecule has 2 atom stereocenters. The lowest BCUT2D eigenvalue weighted by Gasteiger charge is -2.25. The molecule has 0 saturated carbocycles. The highest BCUT2D eigenvalue weighted by atomic mass is 16.7. The van der Waals surface area contributed by atoms with Crippen LogP contribution in [0.1, 0.15) is 19.6 Å².